The number of hydrogen-bond donors (Lipinski definition) is 1. The quantitative estimate of drug-likeness (QED) is 0.705. The highest BCUT2D eigenvalue weighted by atomic mass is 16.5. The molecule has 1 aromatic heterocycles. The molecule has 6 nitrogen and oxygen atoms in total. The largest absolute Gasteiger partial charge is 0.496 e. The van der Waals surface area contributed by atoms with E-state index in [1.165, 1.54) is 19.3 Å². The summed E-state index contributed by atoms with van der Waals surface area (Å²) in [7, 11) is 1.61. The number of fused-ring (bicyclic) bond motifs is 1. The van der Waals surface area contributed by atoms with Crippen LogP contribution in [0.2, 0.25) is 0 Å². The summed E-state index contributed by atoms with van der Waals surface area (Å²) in [6.07, 6.45) is 5.84. The molecule has 0 aliphatic carbocycles. The van der Waals surface area contributed by atoms with Gasteiger partial charge in [-0.1, -0.05) is 18.9 Å². The van der Waals surface area contributed by atoms with Gasteiger partial charge < -0.3 is 14.6 Å². The van der Waals surface area contributed by atoms with Gasteiger partial charge in [-0.3, -0.25) is 4.79 Å². The van der Waals surface area contributed by atoms with Crippen molar-refractivity contribution < 1.29 is 9.53 Å². The van der Waals surface area contributed by atoms with Crippen LogP contribution in [0.4, 0.5) is 5.69 Å². The van der Waals surface area contributed by atoms with Crippen molar-refractivity contribution in [3.8, 4) is 17.1 Å². The van der Waals surface area contributed by atoms with E-state index in [0.29, 0.717) is 11.3 Å². The second kappa shape index (κ2) is 8.47. The number of hydrogen-bond acceptors (Lipinski definition) is 4. The molecule has 29 heavy (non-hydrogen) atoms. The first-order chi connectivity index (χ1) is 14.2. The Morgan fingerprint density at radius 1 is 1.03 bits per heavy atom. The maximum absolute atomic E-state index is 12.6. The standard InChI is InChI=1S/C23H26N4O2/c1-16-8-9-18(15-20(16)29-2)23(28)24-19-12-10-17(11-13-19)22-26-25-21-7-5-3-4-6-14-27(21)22/h8-13,15H,3-7,14H2,1-2H3,(H,24,28). The first-order valence-electron chi connectivity index (χ1n) is 10.1. The van der Waals surface area contributed by atoms with Crippen LogP contribution in [-0.4, -0.2) is 27.8 Å². The van der Waals surface area contributed by atoms with Crippen molar-refractivity contribution in [1.82, 2.24) is 14.8 Å². The van der Waals surface area contributed by atoms with Gasteiger partial charge >= 0.3 is 0 Å². The number of anilines is 1. The van der Waals surface area contributed by atoms with E-state index in [1.807, 2.05) is 37.3 Å². The second-order valence-corrected chi connectivity index (χ2v) is 7.47. The first kappa shape index (κ1) is 19.2. The Bertz CT molecular complexity index is 1010. The SMILES string of the molecule is COc1cc(C(=O)Nc2ccc(-c3nnc4n3CCCCCC4)cc2)ccc1C. The average Bonchev–Trinajstić information content (AvgIpc) is 3.10. The second-order valence-electron chi connectivity index (χ2n) is 7.47. The molecule has 4 rings (SSSR count). The zero-order chi connectivity index (χ0) is 20.2. The summed E-state index contributed by atoms with van der Waals surface area (Å²) in [4.78, 5) is 12.6. The first-order valence-corrected chi connectivity index (χ1v) is 10.1. The maximum Gasteiger partial charge on any atom is 0.255 e. The van der Waals surface area contributed by atoms with Crippen LogP contribution in [0, 0.1) is 6.92 Å². The van der Waals surface area contributed by atoms with Gasteiger partial charge in [0.15, 0.2) is 5.82 Å². The topological polar surface area (TPSA) is 69.0 Å². The Hall–Kier alpha value is -3.15. The normalized spacial score (nSPS) is 13.9. The Balaban J connectivity index is 1.51. The molecular formula is C23H26N4O2. The number of carbonyl (C=O) groups is 1. The molecule has 1 aliphatic rings. The van der Waals surface area contributed by atoms with Gasteiger partial charge in [0.1, 0.15) is 11.6 Å². The lowest BCUT2D eigenvalue weighted by molar-refractivity contribution is 0.102. The third-order valence-corrected chi connectivity index (χ3v) is 5.43. The molecule has 0 unspecified atom stereocenters. The van der Waals surface area contributed by atoms with E-state index < -0.39 is 0 Å². The van der Waals surface area contributed by atoms with Gasteiger partial charge in [0.2, 0.25) is 0 Å². The van der Waals surface area contributed by atoms with Crippen molar-refractivity contribution in [3.05, 3.63) is 59.4 Å². The van der Waals surface area contributed by atoms with Crippen LogP contribution in [0.1, 0.15) is 47.4 Å². The Morgan fingerprint density at radius 2 is 1.83 bits per heavy atom. The molecule has 6 heteroatoms. The molecule has 2 heterocycles. The molecule has 1 N–H and O–H groups in total. The van der Waals surface area contributed by atoms with Crippen LogP contribution in [0.3, 0.4) is 0 Å². The Labute approximate surface area is 170 Å². The number of ether oxygens (including phenoxy) is 1. The fraction of sp³-hybridized carbons (Fsp3) is 0.348. The number of nitrogens with zero attached hydrogens (tertiary/aromatic N) is 3. The molecule has 0 fully saturated rings. The van der Waals surface area contributed by atoms with Crippen molar-refractivity contribution in [1.29, 1.82) is 0 Å². The minimum absolute atomic E-state index is 0.163. The third kappa shape index (κ3) is 4.16. The summed E-state index contributed by atoms with van der Waals surface area (Å²) in [5.41, 5.74) is 3.32. The molecule has 1 amide bonds. The lowest BCUT2D eigenvalue weighted by atomic mass is 10.1. The number of rotatable bonds is 4. The molecule has 3 aromatic rings. The van der Waals surface area contributed by atoms with Gasteiger partial charge in [0.05, 0.1) is 7.11 Å². The van der Waals surface area contributed by atoms with Gasteiger partial charge in [-0.2, -0.15) is 0 Å². The molecule has 0 saturated heterocycles. The number of aryl methyl sites for hydroxylation is 2. The highest BCUT2D eigenvalue weighted by Gasteiger charge is 2.15. The number of nitrogens with one attached hydrogen (secondary N) is 1. The highest BCUT2D eigenvalue weighted by Crippen LogP contribution is 2.24. The van der Waals surface area contributed by atoms with E-state index in [0.717, 1.165) is 47.8 Å². The van der Waals surface area contributed by atoms with Crippen molar-refractivity contribution >= 4 is 11.6 Å². The van der Waals surface area contributed by atoms with Gasteiger partial charge in [-0.05, 0) is 61.7 Å². The number of aromatic nitrogens is 3. The number of methoxy groups -OCH3 is 1. The van der Waals surface area contributed by atoms with E-state index >= 15 is 0 Å². The smallest absolute Gasteiger partial charge is 0.255 e. The lowest BCUT2D eigenvalue weighted by Crippen LogP contribution is -2.12. The monoisotopic (exact) mass is 390 g/mol. The Kier molecular flexibility index (Phi) is 5.60. The number of amides is 1. The van der Waals surface area contributed by atoms with E-state index in [-0.39, 0.29) is 5.91 Å². The third-order valence-electron chi connectivity index (χ3n) is 5.43. The van der Waals surface area contributed by atoms with Crippen molar-refractivity contribution in [3.63, 3.8) is 0 Å². The summed E-state index contributed by atoms with van der Waals surface area (Å²) >= 11 is 0. The molecule has 2 aromatic carbocycles. The summed E-state index contributed by atoms with van der Waals surface area (Å²) in [6, 6.07) is 13.2. The zero-order valence-electron chi connectivity index (χ0n) is 16.9. The molecule has 0 radical (unpaired) electrons. The molecule has 1 aliphatic heterocycles. The highest BCUT2D eigenvalue weighted by molar-refractivity contribution is 6.04. The molecular weight excluding hydrogens is 364 g/mol. The molecule has 0 saturated carbocycles. The number of benzene rings is 2. The van der Waals surface area contributed by atoms with Crippen LogP contribution in [0.5, 0.6) is 5.75 Å². The van der Waals surface area contributed by atoms with Gasteiger partial charge in [0.25, 0.3) is 5.91 Å². The van der Waals surface area contributed by atoms with Crippen LogP contribution in [-0.2, 0) is 13.0 Å². The lowest BCUT2D eigenvalue weighted by Gasteiger charge is -2.13. The molecule has 0 spiro atoms. The molecule has 0 bridgehead atoms. The minimum atomic E-state index is -0.163. The van der Waals surface area contributed by atoms with E-state index in [4.69, 9.17) is 4.74 Å². The summed E-state index contributed by atoms with van der Waals surface area (Å²) in [5.74, 6) is 2.52. The summed E-state index contributed by atoms with van der Waals surface area (Å²) < 4.78 is 7.55. The fourth-order valence-corrected chi connectivity index (χ4v) is 3.74. The van der Waals surface area contributed by atoms with Gasteiger partial charge in [-0.15, -0.1) is 10.2 Å². The van der Waals surface area contributed by atoms with Crippen molar-refractivity contribution in [2.24, 2.45) is 0 Å². The van der Waals surface area contributed by atoms with E-state index in [1.54, 1.807) is 19.2 Å². The fourth-order valence-electron chi connectivity index (χ4n) is 3.74. The number of carbonyl (C=O) groups excluding carboxylic acids is 1. The average molecular weight is 390 g/mol. The zero-order valence-corrected chi connectivity index (χ0v) is 16.9. The van der Waals surface area contributed by atoms with Crippen LogP contribution in [0.15, 0.2) is 42.5 Å². The van der Waals surface area contributed by atoms with Crippen LogP contribution < -0.4 is 10.1 Å². The predicted octanol–water partition coefficient (Wildman–Crippen LogP) is 4.63. The molecule has 150 valence electrons. The van der Waals surface area contributed by atoms with E-state index in [2.05, 4.69) is 20.1 Å². The summed E-state index contributed by atoms with van der Waals surface area (Å²) in [5, 5.41) is 11.8. The van der Waals surface area contributed by atoms with Crippen LogP contribution >= 0.6 is 0 Å². The maximum atomic E-state index is 12.6. The van der Waals surface area contributed by atoms with Crippen LogP contribution in [0.25, 0.3) is 11.4 Å². The minimum Gasteiger partial charge on any atom is -0.496 e. The van der Waals surface area contributed by atoms with Crippen molar-refractivity contribution in [2.75, 3.05) is 12.4 Å². The predicted molar refractivity (Wildman–Crippen MR) is 113 cm³/mol. The molecule has 0 atom stereocenters. The Morgan fingerprint density at radius 3 is 2.62 bits per heavy atom. The van der Waals surface area contributed by atoms with E-state index in [9.17, 15) is 4.79 Å². The summed E-state index contributed by atoms with van der Waals surface area (Å²) in [6.45, 7) is 2.91. The van der Waals surface area contributed by atoms with Crippen molar-refractivity contribution in [2.45, 2.75) is 45.6 Å². The van der Waals surface area contributed by atoms with Gasteiger partial charge in [0, 0.05) is 29.8 Å². The van der Waals surface area contributed by atoms with Gasteiger partial charge in [-0.25, -0.2) is 0 Å².